The number of nitro groups is 1. The molecule has 0 N–H and O–H groups in total. The molecule has 1 rings (SSSR count). The number of benzene rings is 1. The van der Waals surface area contributed by atoms with Crippen LogP contribution in [0.5, 0.6) is 0 Å². The van der Waals surface area contributed by atoms with E-state index in [-0.39, 0.29) is 36.0 Å². The van der Waals surface area contributed by atoms with Crippen LogP contribution in [0.15, 0.2) is 29.2 Å². The standard InChI is InChI=1S/C6H5NO2S.C6H15P.Au/c8-7(9)5-1-3-6(10)4-2-5;1-4-7(5-2)6-3;/h1-4,10H;4-6H2,1-3H3;. The van der Waals surface area contributed by atoms with Crippen molar-refractivity contribution in [3.63, 3.8) is 0 Å². The zero-order valence-electron chi connectivity index (χ0n) is 10.9. The van der Waals surface area contributed by atoms with Gasteiger partial charge in [-0.05, 0) is 28.7 Å². The van der Waals surface area contributed by atoms with Gasteiger partial charge in [0.2, 0.25) is 0 Å². The Balaban J connectivity index is 0. The Morgan fingerprint density at radius 1 is 1.11 bits per heavy atom. The zero-order valence-corrected chi connectivity index (χ0v) is 14.9. The van der Waals surface area contributed by atoms with E-state index in [0.29, 0.717) is 4.90 Å². The summed E-state index contributed by atoms with van der Waals surface area (Å²) in [5.41, 5.74) is 0.0774. The molecule has 0 fully saturated rings. The van der Waals surface area contributed by atoms with E-state index >= 15 is 0 Å². The molecular weight excluding hydrogens is 450 g/mol. The van der Waals surface area contributed by atoms with E-state index in [4.69, 9.17) is 12.6 Å². The minimum Gasteiger partial charge on any atom is -0.780 e. The van der Waals surface area contributed by atoms with Crippen LogP contribution < -0.4 is 0 Å². The number of hydrogen-bond donors (Lipinski definition) is 0. The molecule has 18 heavy (non-hydrogen) atoms. The van der Waals surface area contributed by atoms with Gasteiger partial charge in [0, 0.05) is 34.5 Å². The fraction of sp³-hybridized carbons (Fsp3) is 0.500. The van der Waals surface area contributed by atoms with E-state index in [1.165, 1.54) is 42.8 Å². The van der Waals surface area contributed by atoms with Crippen molar-refractivity contribution in [1.29, 1.82) is 0 Å². The van der Waals surface area contributed by atoms with Crippen LogP contribution in [0.1, 0.15) is 20.8 Å². The van der Waals surface area contributed by atoms with Gasteiger partial charge >= 0.3 is 0 Å². The van der Waals surface area contributed by atoms with Crippen LogP contribution in [0.4, 0.5) is 5.69 Å². The zero-order chi connectivity index (χ0) is 13.3. The van der Waals surface area contributed by atoms with Gasteiger partial charge in [0.1, 0.15) is 0 Å². The molecule has 0 aliphatic heterocycles. The third-order valence-corrected chi connectivity index (χ3v) is 5.82. The maximum atomic E-state index is 10.1. The molecule has 107 valence electrons. The second-order valence-electron chi connectivity index (χ2n) is 3.56. The summed E-state index contributed by atoms with van der Waals surface area (Å²) in [7, 11) is 0.137. The Kier molecular flexibility index (Phi) is 13.6. The van der Waals surface area contributed by atoms with Crippen molar-refractivity contribution >= 4 is 26.2 Å². The molecule has 0 heterocycles. The van der Waals surface area contributed by atoms with Gasteiger partial charge in [-0.3, -0.25) is 10.1 Å². The molecular formula is C12H20AuNO2PS. The number of hydrogen-bond acceptors (Lipinski definition) is 3. The van der Waals surface area contributed by atoms with Gasteiger partial charge in [0.15, 0.2) is 0 Å². The van der Waals surface area contributed by atoms with Crippen LogP contribution in [-0.2, 0) is 35.0 Å². The van der Waals surface area contributed by atoms with Gasteiger partial charge in [-0.2, -0.15) is 4.90 Å². The van der Waals surface area contributed by atoms with Crippen molar-refractivity contribution < 1.29 is 27.3 Å². The maximum Gasteiger partial charge on any atom is 0.269 e. The molecule has 3 nitrogen and oxygen atoms in total. The van der Waals surface area contributed by atoms with Crippen molar-refractivity contribution in [2.24, 2.45) is 0 Å². The van der Waals surface area contributed by atoms with Gasteiger partial charge < -0.3 is 12.6 Å². The smallest absolute Gasteiger partial charge is 0.269 e. The third-order valence-electron chi connectivity index (χ3n) is 2.55. The Morgan fingerprint density at radius 2 is 1.50 bits per heavy atom. The summed E-state index contributed by atoms with van der Waals surface area (Å²) in [5, 5.41) is 10.1. The fourth-order valence-electron chi connectivity index (χ4n) is 1.32. The van der Waals surface area contributed by atoms with Crippen molar-refractivity contribution in [2.45, 2.75) is 25.7 Å². The van der Waals surface area contributed by atoms with E-state index in [1.54, 1.807) is 0 Å². The summed E-state index contributed by atoms with van der Waals surface area (Å²) >= 11 is 4.74. The van der Waals surface area contributed by atoms with Crippen LogP contribution in [0.3, 0.4) is 0 Å². The molecule has 0 bridgehead atoms. The molecule has 0 unspecified atom stereocenters. The first kappa shape index (κ1) is 20.3. The minimum absolute atomic E-state index is 0. The summed E-state index contributed by atoms with van der Waals surface area (Å²) in [6.45, 7) is 6.92. The van der Waals surface area contributed by atoms with Crippen LogP contribution >= 0.6 is 7.92 Å². The van der Waals surface area contributed by atoms with Crippen molar-refractivity contribution in [3.05, 3.63) is 34.4 Å². The molecule has 0 aromatic heterocycles. The molecule has 0 aliphatic carbocycles. The molecule has 1 radical (unpaired) electrons. The van der Waals surface area contributed by atoms with E-state index in [9.17, 15) is 10.1 Å². The predicted molar refractivity (Wildman–Crippen MR) is 78.7 cm³/mol. The van der Waals surface area contributed by atoms with Gasteiger partial charge in [0.05, 0.1) is 23.4 Å². The van der Waals surface area contributed by atoms with E-state index in [1.807, 2.05) is 0 Å². The SMILES string of the molecule is CC[PH+](CC)CC.O=[N+]([O-])c1ccc([S-])cc1.[Au]. The first-order valence-electron chi connectivity index (χ1n) is 5.80. The maximum absolute atomic E-state index is 10.1. The summed E-state index contributed by atoms with van der Waals surface area (Å²) in [6.07, 6.45) is 4.37. The topological polar surface area (TPSA) is 43.1 Å². The summed E-state index contributed by atoms with van der Waals surface area (Å²) in [6, 6.07) is 5.85. The predicted octanol–water partition coefficient (Wildman–Crippen LogP) is 3.76. The van der Waals surface area contributed by atoms with Gasteiger partial charge in [-0.15, -0.1) is 0 Å². The largest absolute Gasteiger partial charge is 0.780 e. The normalized spacial score (nSPS) is 9.11. The Hall–Kier alpha value is 0.0103. The first-order valence-corrected chi connectivity index (χ1v) is 8.33. The quantitative estimate of drug-likeness (QED) is 0.221. The fourth-order valence-corrected chi connectivity index (χ4v) is 2.95. The molecule has 0 aliphatic rings. The van der Waals surface area contributed by atoms with Crippen LogP contribution in [0, 0.1) is 10.1 Å². The molecule has 0 atom stereocenters. The first-order chi connectivity index (χ1) is 8.04. The average Bonchev–Trinajstić information content (AvgIpc) is 2.32. The van der Waals surface area contributed by atoms with E-state index < -0.39 is 4.92 Å². The number of nitrogens with zero attached hydrogens (tertiary/aromatic N) is 1. The van der Waals surface area contributed by atoms with Crippen molar-refractivity contribution in [2.75, 3.05) is 18.5 Å². The molecule has 0 saturated heterocycles. The average molecular weight is 470 g/mol. The van der Waals surface area contributed by atoms with E-state index in [2.05, 4.69) is 20.8 Å². The number of non-ortho nitro benzene ring substituents is 1. The Labute approximate surface area is 132 Å². The van der Waals surface area contributed by atoms with Crippen molar-refractivity contribution in [3.8, 4) is 0 Å². The van der Waals surface area contributed by atoms with Crippen LogP contribution in [0.2, 0.25) is 0 Å². The molecule has 0 amide bonds. The van der Waals surface area contributed by atoms with Crippen molar-refractivity contribution in [1.82, 2.24) is 0 Å². The summed E-state index contributed by atoms with van der Waals surface area (Å²) < 4.78 is 0. The van der Waals surface area contributed by atoms with E-state index in [0.717, 1.165) is 0 Å². The second kappa shape index (κ2) is 12.1. The number of nitro benzene ring substituents is 1. The summed E-state index contributed by atoms with van der Waals surface area (Å²) in [4.78, 5) is 10.3. The minimum atomic E-state index is -0.450. The molecule has 1 aromatic carbocycles. The third kappa shape index (κ3) is 9.01. The monoisotopic (exact) mass is 470 g/mol. The second-order valence-corrected chi connectivity index (χ2v) is 7.65. The molecule has 1 aromatic rings. The molecule has 0 saturated carbocycles. The van der Waals surface area contributed by atoms with Gasteiger partial charge in [0.25, 0.3) is 5.69 Å². The Morgan fingerprint density at radius 3 is 1.72 bits per heavy atom. The summed E-state index contributed by atoms with van der Waals surface area (Å²) in [5.74, 6) is 0. The molecule has 0 spiro atoms. The van der Waals surface area contributed by atoms with Gasteiger partial charge in [-0.1, -0.05) is 12.1 Å². The number of rotatable bonds is 4. The Bertz CT molecular complexity index is 326. The van der Waals surface area contributed by atoms with Gasteiger partial charge in [-0.25, -0.2) is 0 Å². The van der Waals surface area contributed by atoms with Crippen LogP contribution in [-0.4, -0.2) is 23.4 Å². The van der Waals surface area contributed by atoms with Crippen LogP contribution in [0.25, 0.3) is 0 Å². The molecule has 6 heteroatoms.